The zero-order chi connectivity index (χ0) is 20.5. The van der Waals surface area contributed by atoms with Gasteiger partial charge < -0.3 is 29.6 Å². The first-order chi connectivity index (χ1) is 13.5. The van der Waals surface area contributed by atoms with Gasteiger partial charge in [-0.05, 0) is 42.0 Å². The quantitative estimate of drug-likeness (QED) is 0.345. The van der Waals surface area contributed by atoms with Gasteiger partial charge >= 0.3 is 29.6 Å². The average Bonchev–Trinajstić information content (AvgIpc) is 2.69. The summed E-state index contributed by atoms with van der Waals surface area (Å²) in [7, 11) is 3.25. The van der Waals surface area contributed by atoms with E-state index in [-0.39, 0.29) is 46.6 Å². The molecule has 0 saturated heterocycles. The van der Waals surface area contributed by atoms with E-state index in [0.717, 1.165) is 11.3 Å². The first kappa shape index (κ1) is 24.5. The number of carbonyl (C=O) groups excluding carboxylic acids is 1. The topological polar surface area (TPSA) is 99.1 Å². The number of rotatable bonds is 1. The number of phenolic OH excluding ortho intramolecular Hbond substituents is 2. The summed E-state index contributed by atoms with van der Waals surface area (Å²) in [4.78, 5) is 11.0. The second-order valence-corrected chi connectivity index (χ2v) is 5.88. The first-order valence-electron chi connectivity index (χ1n) is 8.43. The molecule has 0 spiro atoms. The largest absolute Gasteiger partial charge is 1.00 e. The van der Waals surface area contributed by atoms with Gasteiger partial charge in [-0.15, -0.1) is 0 Å². The molecule has 1 heterocycles. The van der Waals surface area contributed by atoms with Crippen LogP contribution in [-0.2, 0) is 11.2 Å². The minimum Gasteiger partial charge on any atom is -0.545 e. The minimum absolute atomic E-state index is 0. The molecule has 0 amide bonds. The number of para-hydroxylation sites is 1. The summed E-state index contributed by atoms with van der Waals surface area (Å²) < 4.78 is 9.93. The van der Waals surface area contributed by atoms with E-state index in [2.05, 4.69) is 4.74 Å². The number of benzene rings is 3. The number of fused-ring (bicyclic) bond motifs is 2. The van der Waals surface area contributed by atoms with E-state index in [4.69, 9.17) is 14.9 Å². The molecule has 2 N–H and O–H groups in total. The third-order valence-corrected chi connectivity index (χ3v) is 3.76. The Morgan fingerprint density at radius 1 is 0.897 bits per heavy atom. The van der Waals surface area contributed by atoms with Crippen LogP contribution in [0.25, 0.3) is 0 Å². The Morgan fingerprint density at radius 2 is 1.41 bits per heavy atom. The normalized spacial score (nSPS) is 10.3. The van der Waals surface area contributed by atoms with E-state index < -0.39 is 5.97 Å². The molecule has 0 aliphatic carbocycles. The smallest absolute Gasteiger partial charge is 0.545 e. The van der Waals surface area contributed by atoms with E-state index in [1.807, 2.05) is 24.3 Å². The van der Waals surface area contributed by atoms with Crippen molar-refractivity contribution in [3.63, 3.8) is 0 Å². The molecule has 0 fully saturated rings. The number of methoxy groups -OCH3 is 1. The van der Waals surface area contributed by atoms with Crippen LogP contribution in [0.4, 0.5) is 0 Å². The van der Waals surface area contributed by atoms with Crippen LogP contribution in [0.15, 0.2) is 66.7 Å². The van der Waals surface area contributed by atoms with Crippen molar-refractivity contribution in [3.05, 3.63) is 83.4 Å². The first-order valence-corrected chi connectivity index (χ1v) is 8.43. The summed E-state index contributed by atoms with van der Waals surface area (Å²) in [5.41, 5.74) is 1.89. The number of ether oxygens (including phenoxy) is 2. The van der Waals surface area contributed by atoms with Crippen molar-refractivity contribution in [1.29, 1.82) is 0 Å². The van der Waals surface area contributed by atoms with Crippen molar-refractivity contribution < 1.29 is 59.1 Å². The fourth-order valence-corrected chi connectivity index (χ4v) is 2.55. The number of hydrogen-bond donors (Lipinski definition) is 2. The van der Waals surface area contributed by atoms with Gasteiger partial charge in [0.1, 0.15) is 23.0 Å². The molecule has 1 aliphatic heterocycles. The summed E-state index contributed by atoms with van der Waals surface area (Å²) in [6.07, 6.45) is 0.565. The molecular weight excluding hydrogens is 383 g/mol. The molecule has 4 rings (SSSR count). The molecule has 0 bridgehead atoms. The van der Waals surface area contributed by atoms with Gasteiger partial charge in [0.05, 0.1) is 5.97 Å². The Balaban J connectivity index is 0.000000296. The van der Waals surface area contributed by atoms with Crippen molar-refractivity contribution in [2.24, 2.45) is 0 Å². The van der Waals surface area contributed by atoms with Gasteiger partial charge in [-0.2, -0.15) is 0 Å². The maximum absolute atomic E-state index is 11.0. The van der Waals surface area contributed by atoms with Crippen LogP contribution in [-0.4, -0.2) is 30.4 Å². The third-order valence-electron chi connectivity index (χ3n) is 3.76. The van der Waals surface area contributed by atoms with E-state index in [1.54, 1.807) is 32.4 Å². The molecule has 0 atom stereocenters. The fraction of sp³-hybridized carbons (Fsp3) is 0.136. The van der Waals surface area contributed by atoms with Gasteiger partial charge in [-0.25, -0.2) is 0 Å². The minimum atomic E-state index is -1.16. The van der Waals surface area contributed by atoms with Crippen molar-refractivity contribution in [2.45, 2.75) is 6.42 Å². The Bertz CT molecular complexity index is 904. The molecule has 1 aliphatic rings. The Morgan fingerprint density at radius 3 is 1.97 bits per heavy atom. The van der Waals surface area contributed by atoms with Crippen LogP contribution in [0.5, 0.6) is 23.0 Å². The van der Waals surface area contributed by atoms with Crippen molar-refractivity contribution >= 4 is 5.97 Å². The van der Waals surface area contributed by atoms with Crippen molar-refractivity contribution in [1.82, 2.24) is 0 Å². The monoisotopic (exact) mass is 404 g/mol. The van der Waals surface area contributed by atoms with Gasteiger partial charge in [0, 0.05) is 31.8 Å². The summed E-state index contributed by atoms with van der Waals surface area (Å²) in [6.45, 7) is 0. The Kier molecular flexibility index (Phi) is 10.3. The molecule has 6 nitrogen and oxygen atoms in total. The molecule has 3 aromatic carbocycles. The number of carboxylic acid groups (broad SMARTS) is 1. The van der Waals surface area contributed by atoms with Gasteiger partial charge in [-0.1, -0.05) is 30.3 Å². The molecule has 3 aromatic rings. The molecule has 0 radical (unpaired) electrons. The van der Waals surface area contributed by atoms with Crippen LogP contribution < -0.4 is 39.4 Å². The summed E-state index contributed by atoms with van der Waals surface area (Å²) in [6, 6.07) is 18.3. The molecule has 29 heavy (non-hydrogen) atoms. The number of carbonyl (C=O) groups is 1. The van der Waals surface area contributed by atoms with E-state index in [9.17, 15) is 9.90 Å². The standard InChI is InChI=1S/C14H10O3.C6H6O2.C2H6O.Na/c15-14(16)10-5-3-7-13-11(10)8-9-4-1-2-6-12(9)17-13;7-5-1-2-6(8)4-3-5;1-3-2;/h1-7H,8H2,(H,15,16);1-4,7-8H;1-2H3;/q;;;+1/p-1. The molecular formula is C22H21NaO6. The second-order valence-electron chi connectivity index (χ2n) is 5.88. The van der Waals surface area contributed by atoms with Gasteiger partial charge in [0.2, 0.25) is 0 Å². The predicted octanol–water partition coefficient (Wildman–Crippen LogP) is 0.111. The number of phenols is 2. The number of aromatic carboxylic acids is 1. The second kappa shape index (κ2) is 12.1. The van der Waals surface area contributed by atoms with Crippen LogP contribution in [0.1, 0.15) is 21.5 Å². The van der Waals surface area contributed by atoms with Crippen LogP contribution in [0, 0.1) is 0 Å². The predicted molar refractivity (Wildman–Crippen MR) is 103 cm³/mol. The van der Waals surface area contributed by atoms with Gasteiger partial charge in [0.25, 0.3) is 0 Å². The number of carboxylic acids is 1. The van der Waals surface area contributed by atoms with Crippen molar-refractivity contribution in [3.8, 4) is 23.0 Å². The number of hydrogen-bond acceptors (Lipinski definition) is 6. The third kappa shape index (κ3) is 7.11. The van der Waals surface area contributed by atoms with Crippen LogP contribution in [0.2, 0.25) is 0 Å². The van der Waals surface area contributed by atoms with Gasteiger partial charge in [-0.3, -0.25) is 0 Å². The fourth-order valence-electron chi connectivity index (χ4n) is 2.55. The summed E-state index contributed by atoms with van der Waals surface area (Å²) in [5, 5.41) is 28.3. The summed E-state index contributed by atoms with van der Waals surface area (Å²) >= 11 is 0. The molecule has 146 valence electrons. The maximum atomic E-state index is 11.0. The van der Waals surface area contributed by atoms with Gasteiger partial charge in [0.15, 0.2) is 0 Å². The average molecular weight is 404 g/mol. The molecule has 0 saturated carbocycles. The van der Waals surface area contributed by atoms with Crippen molar-refractivity contribution in [2.75, 3.05) is 14.2 Å². The van der Waals surface area contributed by atoms with Crippen LogP contribution in [0.3, 0.4) is 0 Å². The molecule has 0 unspecified atom stereocenters. The van der Waals surface area contributed by atoms with Crippen LogP contribution >= 0.6 is 0 Å². The molecule has 7 heteroatoms. The maximum Gasteiger partial charge on any atom is 1.00 e. The van der Waals surface area contributed by atoms with E-state index in [1.165, 1.54) is 24.3 Å². The number of aromatic hydroxyl groups is 2. The zero-order valence-electron chi connectivity index (χ0n) is 16.6. The SMILES string of the molecule is COC.O=C([O-])c1cccc2c1Cc1ccccc1O2.Oc1ccc(O)cc1.[Na+]. The van der Waals surface area contributed by atoms with E-state index >= 15 is 0 Å². The zero-order valence-corrected chi connectivity index (χ0v) is 18.6. The Labute approximate surface area is 191 Å². The van der Waals surface area contributed by atoms with E-state index in [0.29, 0.717) is 17.7 Å². The summed E-state index contributed by atoms with van der Waals surface area (Å²) in [5.74, 6) is 0.566. The molecule has 0 aromatic heterocycles. The Hall–Kier alpha value is -2.51.